The summed E-state index contributed by atoms with van der Waals surface area (Å²) in [4.78, 5) is 6.94. The van der Waals surface area contributed by atoms with Gasteiger partial charge < -0.3 is 10.6 Å². The molecule has 17 heavy (non-hydrogen) atoms. The molecule has 0 unspecified atom stereocenters. The first-order valence-electron chi connectivity index (χ1n) is 6.21. The maximum atomic E-state index is 5.61. The third kappa shape index (κ3) is 2.94. The van der Waals surface area contributed by atoms with Crippen LogP contribution in [0.15, 0.2) is 18.3 Å². The Morgan fingerprint density at radius 2 is 2.24 bits per heavy atom. The summed E-state index contributed by atoms with van der Waals surface area (Å²) in [7, 11) is 0. The van der Waals surface area contributed by atoms with Crippen LogP contribution in [0.2, 0.25) is 0 Å². The van der Waals surface area contributed by atoms with Gasteiger partial charge in [-0.15, -0.1) is 0 Å². The minimum Gasteiger partial charge on any atom is -0.388 e. The molecule has 0 bridgehead atoms. The van der Waals surface area contributed by atoms with Crippen molar-refractivity contribution in [2.24, 2.45) is 11.7 Å². The molecule has 2 heterocycles. The molecule has 2 rings (SSSR count). The van der Waals surface area contributed by atoms with Crippen LogP contribution in [0.1, 0.15) is 31.9 Å². The van der Waals surface area contributed by atoms with Gasteiger partial charge >= 0.3 is 0 Å². The molecule has 0 atom stereocenters. The lowest BCUT2D eigenvalue weighted by atomic mass is 9.94. The fourth-order valence-corrected chi connectivity index (χ4v) is 2.46. The number of nitrogens with zero attached hydrogens (tertiary/aromatic N) is 2. The molecule has 1 aliphatic heterocycles. The zero-order valence-corrected chi connectivity index (χ0v) is 11.0. The standard InChI is InChI=1S/C13H19N3S/c1-2-10-4-7-16(8-5-10)11-3-6-15-12(9-11)13(14)17/h3,6,9-10H,2,4-5,7-8H2,1H3,(H2,14,17). The molecule has 0 radical (unpaired) electrons. The molecule has 4 heteroatoms. The molecule has 1 aromatic rings. The van der Waals surface area contributed by atoms with Crippen LogP contribution >= 0.6 is 12.2 Å². The van der Waals surface area contributed by atoms with E-state index in [9.17, 15) is 0 Å². The summed E-state index contributed by atoms with van der Waals surface area (Å²) in [6, 6.07) is 4.03. The van der Waals surface area contributed by atoms with E-state index in [4.69, 9.17) is 18.0 Å². The highest BCUT2D eigenvalue weighted by Crippen LogP contribution is 2.24. The SMILES string of the molecule is CCC1CCN(c2ccnc(C(N)=S)c2)CC1. The number of thiocarbonyl (C=S) groups is 1. The molecule has 0 amide bonds. The fraction of sp³-hybridized carbons (Fsp3) is 0.538. The Balaban J connectivity index is 2.08. The maximum absolute atomic E-state index is 5.61. The summed E-state index contributed by atoms with van der Waals surface area (Å²) >= 11 is 4.96. The van der Waals surface area contributed by atoms with Gasteiger partial charge in [-0.25, -0.2) is 0 Å². The quantitative estimate of drug-likeness (QED) is 0.835. The lowest BCUT2D eigenvalue weighted by Gasteiger charge is -2.33. The van der Waals surface area contributed by atoms with Crippen LogP contribution in [0.3, 0.4) is 0 Å². The van der Waals surface area contributed by atoms with Gasteiger partial charge in [0.2, 0.25) is 0 Å². The Hall–Kier alpha value is -1.16. The van der Waals surface area contributed by atoms with Crippen molar-refractivity contribution in [3.63, 3.8) is 0 Å². The van der Waals surface area contributed by atoms with E-state index in [1.54, 1.807) is 6.20 Å². The van der Waals surface area contributed by atoms with Gasteiger partial charge in [-0.1, -0.05) is 25.6 Å². The highest BCUT2D eigenvalue weighted by Gasteiger charge is 2.18. The van der Waals surface area contributed by atoms with Crippen molar-refractivity contribution in [3.05, 3.63) is 24.0 Å². The van der Waals surface area contributed by atoms with E-state index in [1.165, 1.54) is 24.9 Å². The molecule has 1 aliphatic rings. The molecule has 1 fully saturated rings. The van der Waals surface area contributed by atoms with Crippen LogP contribution in [-0.2, 0) is 0 Å². The molecule has 3 nitrogen and oxygen atoms in total. The minimum atomic E-state index is 0.371. The van der Waals surface area contributed by atoms with E-state index in [0.717, 1.165) is 24.7 Å². The summed E-state index contributed by atoms with van der Waals surface area (Å²) in [5, 5.41) is 0. The van der Waals surface area contributed by atoms with Gasteiger partial charge in [0.15, 0.2) is 0 Å². The lowest BCUT2D eigenvalue weighted by Crippen LogP contribution is -2.33. The molecule has 0 saturated carbocycles. The largest absolute Gasteiger partial charge is 0.388 e. The van der Waals surface area contributed by atoms with Crippen molar-refractivity contribution < 1.29 is 0 Å². The predicted molar refractivity (Wildman–Crippen MR) is 75.4 cm³/mol. The molecule has 0 spiro atoms. The van der Waals surface area contributed by atoms with Gasteiger partial charge in [0.1, 0.15) is 4.99 Å². The topological polar surface area (TPSA) is 42.2 Å². The zero-order chi connectivity index (χ0) is 12.3. The first-order chi connectivity index (χ1) is 8.20. The lowest BCUT2D eigenvalue weighted by molar-refractivity contribution is 0.395. The van der Waals surface area contributed by atoms with Gasteiger partial charge in [0, 0.05) is 25.0 Å². The molecular formula is C13H19N3S. The van der Waals surface area contributed by atoms with Crippen LogP contribution in [0.5, 0.6) is 0 Å². The molecule has 2 N–H and O–H groups in total. The van der Waals surface area contributed by atoms with E-state index in [2.05, 4.69) is 16.8 Å². The molecule has 0 aromatic carbocycles. The van der Waals surface area contributed by atoms with Crippen LogP contribution in [-0.4, -0.2) is 23.1 Å². The zero-order valence-electron chi connectivity index (χ0n) is 10.2. The monoisotopic (exact) mass is 249 g/mol. The predicted octanol–water partition coefficient (Wildman–Crippen LogP) is 2.34. The summed E-state index contributed by atoms with van der Waals surface area (Å²) in [5.74, 6) is 0.892. The normalized spacial score (nSPS) is 17.1. The Labute approximate surface area is 108 Å². The van der Waals surface area contributed by atoms with Gasteiger partial charge in [-0.2, -0.15) is 0 Å². The minimum absolute atomic E-state index is 0.371. The van der Waals surface area contributed by atoms with Crippen molar-refractivity contribution in [2.45, 2.75) is 26.2 Å². The molecule has 0 aliphatic carbocycles. The second-order valence-corrected chi connectivity index (χ2v) is 5.04. The average Bonchev–Trinajstić information content (AvgIpc) is 2.39. The summed E-state index contributed by atoms with van der Waals surface area (Å²) in [5.41, 5.74) is 7.52. The summed E-state index contributed by atoms with van der Waals surface area (Å²) < 4.78 is 0. The number of hydrogen-bond acceptors (Lipinski definition) is 3. The van der Waals surface area contributed by atoms with E-state index < -0.39 is 0 Å². The van der Waals surface area contributed by atoms with Crippen molar-refractivity contribution in [3.8, 4) is 0 Å². The first-order valence-corrected chi connectivity index (χ1v) is 6.62. The van der Waals surface area contributed by atoms with Crippen molar-refractivity contribution in [1.82, 2.24) is 4.98 Å². The first kappa shape index (κ1) is 12.3. The summed E-state index contributed by atoms with van der Waals surface area (Å²) in [6.07, 6.45) is 5.64. The van der Waals surface area contributed by atoms with Crippen molar-refractivity contribution in [2.75, 3.05) is 18.0 Å². The van der Waals surface area contributed by atoms with Crippen LogP contribution in [0, 0.1) is 5.92 Å². The Bertz CT molecular complexity index is 397. The third-order valence-electron chi connectivity index (χ3n) is 3.55. The Kier molecular flexibility index (Phi) is 3.94. The number of hydrogen-bond donors (Lipinski definition) is 1. The van der Waals surface area contributed by atoms with Gasteiger partial charge in [0.25, 0.3) is 0 Å². The van der Waals surface area contributed by atoms with Gasteiger partial charge in [-0.3, -0.25) is 4.98 Å². The second-order valence-electron chi connectivity index (χ2n) is 4.60. The van der Waals surface area contributed by atoms with E-state index in [0.29, 0.717) is 4.99 Å². The van der Waals surface area contributed by atoms with E-state index >= 15 is 0 Å². The highest BCUT2D eigenvalue weighted by molar-refractivity contribution is 7.80. The number of pyridine rings is 1. The van der Waals surface area contributed by atoms with Crippen molar-refractivity contribution >= 4 is 22.9 Å². The second kappa shape index (κ2) is 5.45. The third-order valence-corrected chi connectivity index (χ3v) is 3.76. The maximum Gasteiger partial charge on any atom is 0.122 e. The molecule has 1 saturated heterocycles. The van der Waals surface area contributed by atoms with Gasteiger partial charge in [-0.05, 0) is 30.9 Å². The van der Waals surface area contributed by atoms with Gasteiger partial charge in [0.05, 0.1) is 5.69 Å². The molecule has 92 valence electrons. The number of piperidine rings is 1. The smallest absolute Gasteiger partial charge is 0.122 e. The van der Waals surface area contributed by atoms with Crippen LogP contribution in [0.25, 0.3) is 0 Å². The van der Waals surface area contributed by atoms with Crippen LogP contribution < -0.4 is 10.6 Å². The van der Waals surface area contributed by atoms with E-state index in [1.807, 2.05) is 12.1 Å². The number of nitrogens with two attached hydrogens (primary N) is 1. The number of aromatic nitrogens is 1. The Morgan fingerprint density at radius 1 is 1.53 bits per heavy atom. The molecule has 1 aromatic heterocycles. The highest BCUT2D eigenvalue weighted by atomic mass is 32.1. The number of anilines is 1. The van der Waals surface area contributed by atoms with Crippen LogP contribution in [0.4, 0.5) is 5.69 Å². The molecular weight excluding hydrogens is 230 g/mol. The summed E-state index contributed by atoms with van der Waals surface area (Å²) in [6.45, 7) is 4.52. The van der Waals surface area contributed by atoms with Crippen molar-refractivity contribution in [1.29, 1.82) is 0 Å². The number of rotatable bonds is 3. The Morgan fingerprint density at radius 3 is 2.82 bits per heavy atom. The average molecular weight is 249 g/mol. The van der Waals surface area contributed by atoms with E-state index in [-0.39, 0.29) is 0 Å². The fourth-order valence-electron chi connectivity index (χ4n) is 2.35.